The Morgan fingerprint density at radius 1 is 1.16 bits per heavy atom. The van der Waals surface area contributed by atoms with Crippen LogP contribution in [0.5, 0.6) is 0 Å². The van der Waals surface area contributed by atoms with E-state index in [1.54, 1.807) is 0 Å². The summed E-state index contributed by atoms with van der Waals surface area (Å²) in [5, 5.41) is 13.8. The highest BCUT2D eigenvalue weighted by atomic mass is 16.5. The van der Waals surface area contributed by atoms with Gasteiger partial charge in [-0.05, 0) is 42.5 Å². The van der Waals surface area contributed by atoms with E-state index in [4.69, 9.17) is 4.52 Å². The fraction of sp³-hybridized carbons (Fsp3) is 0.577. The van der Waals surface area contributed by atoms with Crippen LogP contribution in [0.2, 0.25) is 0 Å². The number of amides is 1. The molecule has 1 saturated heterocycles. The minimum absolute atomic E-state index is 0.358. The van der Waals surface area contributed by atoms with Crippen LogP contribution in [0.3, 0.4) is 0 Å². The summed E-state index contributed by atoms with van der Waals surface area (Å²) in [5.74, 6) is 7.31. The summed E-state index contributed by atoms with van der Waals surface area (Å²) < 4.78 is 5.60. The normalized spacial score (nSPS) is 18.1. The van der Waals surface area contributed by atoms with Gasteiger partial charge in [0.05, 0.1) is 0 Å². The summed E-state index contributed by atoms with van der Waals surface area (Å²) in [4.78, 5) is 17.8. The van der Waals surface area contributed by atoms with Gasteiger partial charge in [0.1, 0.15) is 5.54 Å². The second-order valence-corrected chi connectivity index (χ2v) is 9.61. The third-order valence-electron chi connectivity index (χ3n) is 6.44. The summed E-state index contributed by atoms with van der Waals surface area (Å²) in [7, 11) is 0. The molecule has 0 radical (unpaired) electrons. The van der Waals surface area contributed by atoms with Crippen molar-refractivity contribution < 1.29 is 14.4 Å². The van der Waals surface area contributed by atoms with Crippen LogP contribution in [-0.4, -0.2) is 32.8 Å². The number of unbranched alkanes of at least 4 members (excludes halogenated alkanes) is 6. The lowest BCUT2D eigenvalue weighted by atomic mass is 9.65. The maximum Gasteiger partial charge on any atom is 0.408 e. The molecular formula is C26H35N3O3. The van der Waals surface area contributed by atoms with Gasteiger partial charge in [-0.2, -0.15) is 4.98 Å². The number of hydrogen-bond acceptors (Lipinski definition) is 4. The Kier molecular flexibility index (Phi) is 7.60. The minimum Gasteiger partial charge on any atom is -0.465 e. The molecule has 2 aromatic rings. The molecule has 0 spiro atoms. The van der Waals surface area contributed by atoms with E-state index in [1.807, 2.05) is 45.0 Å². The molecule has 1 aliphatic heterocycles. The molecule has 3 rings (SSSR count). The fourth-order valence-electron chi connectivity index (χ4n) is 4.40. The highest BCUT2D eigenvalue weighted by molar-refractivity contribution is 5.68. The van der Waals surface area contributed by atoms with E-state index in [2.05, 4.69) is 28.9 Å². The van der Waals surface area contributed by atoms with Crippen molar-refractivity contribution in [3.8, 4) is 23.2 Å². The van der Waals surface area contributed by atoms with Crippen LogP contribution in [0, 0.1) is 17.3 Å². The van der Waals surface area contributed by atoms with E-state index < -0.39 is 11.6 Å². The van der Waals surface area contributed by atoms with Crippen molar-refractivity contribution in [1.82, 2.24) is 15.0 Å². The lowest BCUT2D eigenvalue weighted by molar-refractivity contribution is -0.0969. The number of nitrogens with zero attached hydrogens (tertiary/aromatic N) is 3. The van der Waals surface area contributed by atoms with Gasteiger partial charge in [0.15, 0.2) is 0 Å². The summed E-state index contributed by atoms with van der Waals surface area (Å²) in [6.45, 7) is 8.72. The van der Waals surface area contributed by atoms with Gasteiger partial charge in [0, 0.05) is 24.1 Å². The second-order valence-electron chi connectivity index (χ2n) is 9.61. The Balaban J connectivity index is 1.65. The van der Waals surface area contributed by atoms with Gasteiger partial charge in [-0.3, -0.25) is 4.90 Å². The molecule has 1 N–H and O–H groups in total. The smallest absolute Gasteiger partial charge is 0.408 e. The molecule has 1 amide bonds. The molecule has 0 saturated carbocycles. The van der Waals surface area contributed by atoms with E-state index in [-0.39, 0.29) is 5.41 Å². The van der Waals surface area contributed by atoms with Gasteiger partial charge >= 0.3 is 6.09 Å². The fourth-order valence-corrected chi connectivity index (χ4v) is 4.40. The first kappa shape index (κ1) is 23.8. The van der Waals surface area contributed by atoms with Gasteiger partial charge in [-0.25, -0.2) is 4.79 Å². The Morgan fingerprint density at radius 3 is 2.44 bits per heavy atom. The van der Waals surface area contributed by atoms with E-state index in [1.165, 1.54) is 37.0 Å². The third kappa shape index (κ3) is 4.98. The van der Waals surface area contributed by atoms with Crippen molar-refractivity contribution in [3.63, 3.8) is 0 Å². The Hall–Kier alpha value is -2.81. The molecule has 1 aromatic heterocycles. The summed E-state index contributed by atoms with van der Waals surface area (Å²) in [6.07, 6.45) is 8.27. The molecule has 0 aliphatic carbocycles. The van der Waals surface area contributed by atoms with Crippen LogP contribution >= 0.6 is 0 Å². The SMILES string of the molecule is CCCCCCCCC#Cc1ccc(-c2noc(C3(C(C)(C)C)CCN3C(=O)O)n2)cc1. The Bertz CT molecular complexity index is 963. The number of carbonyl (C=O) groups is 1. The lowest BCUT2D eigenvalue weighted by Gasteiger charge is -2.55. The van der Waals surface area contributed by atoms with Crippen LogP contribution in [-0.2, 0) is 5.54 Å². The molecule has 6 heteroatoms. The van der Waals surface area contributed by atoms with Crippen LogP contribution in [0.4, 0.5) is 4.79 Å². The first-order valence-corrected chi connectivity index (χ1v) is 11.7. The molecule has 2 heterocycles. The number of rotatable bonds is 8. The minimum atomic E-state index is -0.963. The highest BCUT2D eigenvalue weighted by Gasteiger charge is 2.60. The lowest BCUT2D eigenvalue weighted by Crippen LogP contribution is -2.65. The second kappa shape index (κ2) is 10.2. The molecule has 1 unspecified atom stereocenters. The molecule has 1 atom stereocenters. The Labute approximate surface area is 191 Å². The van der Waals surface area contributed by atoms with Crippen molar-refractivity contribution >= 4 is 6.09 Å². The van der Waals surface area contributed by atoms with Gasteiger partial charge in [0.2, 0.25) is 5.82 Å². The topological polar surface area (TPSA) is 79.5 Å². The van der Waals surface area contributed by atoms with E-state index >= 15 is 0 Å². The number of hydrogen-bond donors (Lipinski definition) is 1. The van der Waals surface area contributed by atoms with Gasteiger partial charge in [-0.15, -0.1) is 0 Å². The first-order valence-electron chi connectivity index (χ1n) is 11.7. The maximum absolute atomic E-state index is 11.7. The average Bonchev–Trinajstić information content (AvgIpc) is 3.18. The quantitative estimate of drug-likeness (QED) is 0.378. The number of likely N-dealkylation sites (tertiary alicyclic amines) is 1. The molecule has 1 aromatic carbocycles. The first-order chi connectivity index (χ1) is 15.3. The molecule has 172 valence electrons. The summed E-state index contributed by atoms with van der Waals surface area (Å²) >= 11 is 0. The van der Waals surface area contributed by atoms with Gasteiger partial charge < -0.3 is 9.63 Å². The number of aromatic nitrogens is 2. The summed E-state index contributed by atoms with van der Waals surface area (Å²) in [6, 6.07) is 7.80. The zero-order valence-electron chi connectivity index (χ0n) is 19.8. The van der Waals surface area contributed by atoms with E-state index in [0.29, 0.717) is 24.7 Å². The predicted molar refractivity (Wildman–Crippen MR) is 125 cm³/mol. The average molecular weight is 438 g/mol. The van der Waals surface area contributed by atoms with E-state index in [0.717, 1.165) is 24.0 Å². The molecule has 6 nitrogen and oxygen atoms in total. The van der Waals surface area contributed by atoms with Crippen LogP contribution in [0.25, 0.3) is 11.4 Å². The van der Waals surface area contributed by atoms with Crippen molar-refractivity contribution in [1.29, 1.82) is 0 Å². The van der Waals surface area contributed by atoms with Crippen LogP contribution in [0.15, 0.2) is 28.8 Å². The van der Waals surface area contributed by atoms with E-state index in [9.17, 15) is 9.90 Å². The number of benzene rings is 1. The molecular weight excluding hydrogens is 402 g/mol. The molecule has 32 heavy (non-hydrogen) atoms. The van der Waals surface area contributed by atoms with Crippen LogP contribution < -0.4 is 0 Å². The Morgan fingerprint density at radius 2 is 1.84 bits per heavy atom. The molecule has 0 bridgehead atoms. The monoisotopic (exact) mass is 437 g/mol. The number of carboxylic acid groups (broad SMARTS) is 1. The molecule has 1 aliphatic rings. The highest BCUT2D eigenvalue weighted by Crippen LogP contribution is 2.52. The predicted octanol–water partition coefficient (Wildman–Crippen LogP) is 6.46. The zero-order valence-corrected chi connectivity index (χ0v) is 19.8. The zero-order chi connectivity index (χ0) is 23.2. The maximum atomic E-state index is 11.7. The van der Waals surface area contributed by atoms with Crippen molar-refractivity contribution in [3.05, 3.63) is 35.7 Å². The largest absolute Gasteiger partial charge is 0.465 e. The standard InChI is InChI=1S/C26H35N3O3/c1-5-6-7-8-9-10-11-12-13-20-14-16-21(17-15-20)22-27-23(32-28-22)26(25(2,3)4)18-19-29(26)24(30)31/h14-17H,5-11,18-19H2,1-4H3,(H,30,31). The molecule has 1 fully saturated rings. The third-order valence-corrected chi connectivity index (χ3v) is 6.44. The van der Waals surface area contributed by atoms with Crippen LogP contribution in [0.1, 0.15) is 90.5 Å². The van der Waals surface area contributed by atoms with Crippen molar-refractivity contribution in [2.75, 3.05) is 6.54 Å². The van der Waals surface area contributed by atoms with Gasteiger partial charge in [-0.1, -0.05) is 76.8 Å². The van der Waals surface area contributed by atoms with Gasteiger partial charge in [0.25, 0.3) is 5.89 Å². The van der Waals surface area contributed by atoms with Crippen molar-refractivity contribution in [2.45, 2.75) is 84.6 Å². The summed E-state index contributed by atoms with van der Waals surface area (Å²) in [5.41, 5.74) is 0.618. The van der Waals surface area contributed by atoms with Crippen molar-refractivity contribution in [2.24, 2.45) is 5.41 Å².